The summed E-state index contributed by atoms with van der Waals surface area (Å²) in [6, 6.07) is 7.82. The number of benzene rings is 1. The van der Waals surface area contributed by atoms with Crippen LogP contribution in [0.5, 0.6) is 0 Å². The highest BCUT2D eigenvalue weighted by atomic mass is 16.3. The van der Waals surface area contributed by atoms with Crippen molar-refractivity contribution in [2.75, 3.05) is 11.9 Å². The molecule has 4 heteroatoms. The van der Waals surface area contributed by atoms with E-state index >= 15 is 0 Å². The summed E-state index contributed by atoms with van der Waals surface area (Å²) in [6.45, 7) is 3.64. The average Bonchev–Trinajstić information content (AvgIpc) is 2.85. The van der Waals surface area contributed by atoms with Crippen LogP contribution in [0.3, 0.4) is 0 Å². The number of anilines is 1. The van der Waals surface area contributed by atoms with Gasteiger partial charge in [0, 0.05) is 17.8 Å². The first kappa shape index (κ1) is 12.0. The largest absolute Gasteiger partial charge is 0.459 e. The Kier molecular flexibility index (Phi) is 3.09. The molecule has 4 nitrogen and oxygen atoms in total. The van der Waals surface area contributed by atoms with Gasteiger partial charge in [-0.25, -0.2) is 0 Å². The summed E-state index contributed by atoms with van der Waals surface area (Å²) in [5.41, 5.74) is 4.19. The lowest BCUT2D eigenvalue weighted by Crippen LogP contribution is -2.25. The first-order valence-corrected chi connectivity index (χ1v) is 6.42. The lowest BCUT2D eigenvalue weighted by atomic mass is 9.99. The molecule has 2 heterocycles. The van der Waals surface area contributed by atoms with Crippen LogP contribution in [-0.2, 0) is 13.0 Å². The molecule has 0 fully saturated rings. The van der Waals surface area contributed by atoms with Crippen molar-refractivity contribution in [3.8, 4) is 0 Å². The van der Waals surface area contributed by atoms with Crippen molar-refractivity contribution in [2.24, 2.45) is 0 Å². The van der Waals surface area contributed by atoms with Gasteiger partial charge in [-0.05, 0) is 43.1 Å². The first-order valence-electron chi connectivity index (χ1n) is 6.42. The second-order valence-corrected chi connectivity index (χ2v) is 4.76. The summed E-state index contributed by atoms with van der Waals surface area (Å²) in [4.78, 5) is 12.2. The second kappa shape index (κ2) is 4.90. The summed E-state index contributed by atoms with van der Waals surface area (Å²) >= 11 is 0. The minimum absolute atomic E-state index is 0.193. The van der Waals surface area contributed by atoms with E-state index in [1.54, 1.807) is 6.07 Å². The van der Waals surface area contributed by atoms with Crippen LogP contribution in [0.15, 0.2) is 34.9 Å². The van der Waals surface area contributed by atoms with E-state index in [0.717, 1.165) is 30.8 Å². The van der Waals surface area contributed by atoms with Crippen molar-refractivity contribution in [2.45, 2.75) is 19.9 Å². The van der Waals surface area contributed by atoms with Crippen LogP contribution in [0.4, 0.5) is 5.69 Å². The molecule has 0 bridgehead atoms. The molecular weight excluding hydrogens is 240 g/mol. The number of fused-ring (bicyclic) bond motifs is 1. The van der Waals surface area contributed by atoms with Gasteiger partial charge in [0.05, 0.1) is 6.26 Å². The van der Waals surface area contributed by atoms with E-state index in [1.165, 1.54) is 17.4 Å². The molecule has 0 atom stereocenters. The molecule has 1 aromatic carbocycles. The average molecular weight is 256 g/mol. The number of carbonyl (C=O) groups is 1. The Bertz CT molecular complexity index is 616. The van der Waals surface area contributed by atoms with E-state index in [2.05, 4.69) is 16.7 Å². The van der Waals surface area contributed by atoms with Crippen molar-refractivity contribution >= 4 is 11.6 Å². The minimum Gasteiger partial charge on any atom is -0.459 e. The van der Waals surface area contributed by atoms with Gasteiger partial charge in [0.2, 0.25) is 0 Å². The Labute approximate surface area is 111 Å². The summed E-state index contributed by atoms with van der Waals surface area (Å²) in [5, 5.41) is 6.27. The van der Waals surface area contributed by atoms with Crippen LogP contribution in [0.25, 0.3) is 0 Å². The quantitative estimate of drug-likeness (QED) is 0.868. The molecule has 19 heavy (non-hydrogen) atoms. The second-order valence-electron chi connectivity index (χ2n) is 4.76. The molecule has 1 aliphatic rings. The van der Waals surface area contributed by atoms with Crippen molar-refractivity contribution in [1.29, 1.82) is 0 Å². The van der Waals surface area contributed by atoms with Gasteiger partial charge in [-0.3, -0.25) is 4.79 Å². The summed E-state index contributed by atoms with van der Waals surface area (Å²) < 4.78 is 5.21. The monoisotopic (exact) mass is 256 g/mol. The Morgan fingerprint density at radius 3 is 3.05 bits per heavy atom. The fourth-order valence-electron chi connectivity index (χ4n) is 2.42. The zero-order valence-corrected chi connectivity index (χ0v) is 10.8. The molecule has 0 radical (unpaired) electrons. The van der Waals surface area contributed by atoms with Crippen LogP contribution in [-0.4, -0.2) is 12.5 Å². The van der Waals surface area contributed by atoms with Gasteiger partial charge >= 0.3 is 0 Å². The number of nitrogens with one attached hydrogen (secondary N) is 2. The lowest BCUT2D eigenvalue weighted by Gasteiger charge is -2.20. The molecule has 0 unspecified atom stereocenters. The highest BCUT2D eigenvalue weighted by Gasteiger charge is 2.17. The maximum Gasteiger partial charge on any atom is 0.291 e. The molecule has 2 N–H and O–H groups in total. The fraction of sp³-hybridized carbons (Fsp3) is 0.267. The molecule has 1 aliphatic heterocycles. The Morgan fingerprint density at radius 1 is 1.37 bits per heavy atom. The molecule has 0 spiro atoms. The number of amides is 1. The van der Waals surface area contributed by atoms with Gasteiger partial charge < -0.3 is 15.1 Å². The van der Waals surface area contributed by atoms with Crippen molar-refractivity contribution < 1.29 is 9.21 Å². The maximum atomic E-state index is 12.2. The van der Waals surface area contributed by atoms with Gasteiger partial charge in [0.25, 0.3) is 5.91 Å². The summed E-state index contributed by atoms with van der Waals surface area (Å²) in [6.07, 6.45) is 2.53. The Morgan fingerprint density at radius 2 is 2.26 bits per heavy atom. The molecule has 1 amide bonds. The molecule has 2 aromatic rings. The van der Waals surface area contributed by atoms with Gasteiger partial charge in [-0.1, -0.05) is 12.1 Å². The third-order valence-electron chi connectivity index (χ3n) is 3.46. The first-order chi connectivity index (χ1) is 9.25. The summed E-state index contributed by atoms with van der Waals surface area (Å²) in [5.74, 6) is 0.183. The number of carbonyl (C=O) groups excluding carboxylic acids is 1. The molecular formula is C15H16N2O2. The van der Waals surface area contributed by atoms with E-state index in [4.69, 9.17) is 4.42 Å². The highest BCUT2D eigenvalue weighted by molar-refractivity contribution is 6.03. The molecule has 0 saturated heterocycles. The van der Waals surface area contributed by atoms with Crippen LogP contribution in [0, 0.1) is 6.92 Å². The topological polar surface area (TPSA) is 54.3 Å². The number of hydrogen-bond acceptors (Lipinski definition) is 3. The number of rotatable bonds is 2. The molecule has 0 saturated carbocycles. The SMILES string of the molecule is Cc1ccoc1C(=O)Nc1cccc2c1CNCC2. The Balaban J connectivity index is 1.88. The zero-order chi connectivity index (χ0) is 13.2. The van der Waals surface area contributed by atoms with Crippen LogP contribution in [0.1, 0.15) is 27.2 Å². The van der Waals surface area contributed by atoms with Crippen molar-refractivity contribution in [3.63, 3.8) is 0 Å². The van der Waals surface area contributed by atoms with Crippen LogP contribution >= 0.6 is 0 Å². The number of furan rings is 1. The third kappa shape index (κ3) is 2.27. The predicted octanol–water partition coefficient (Wildman–Crippen LogP) is 2.49. The third-order valence-corrected chi connectivity index (χ3v) is 3.46. The molecule has 0 aliphatic carbocycles. The number of aryl methyl sites for hydroxylation is 1. The summed E-state index contributed by atoms with van der Waals surface area (Å²) in [7, 11) is 0. The molecule has 98 valence electrons. The molecule has 3 rings (SSSR count). The van der Waals surface area contributed by atoms with E-state index < -0.39 is 0 Å². The number of hydrogen-bond donors (Lipinski definition) is 2. The molecule has 1 aromatic heterocycles. The van der Waals surface area contributed by atoms with Crippen molar-refractivity contribution in [1.82, 2.24) is 5.32 Å². The lowest BCUT2D eigenvalue weighted by molar-refractivity contribution is 0.0995. The van der Waals surface area contributed by atoms with Crippen LogP contribution < -0.4 is 10.6 Å². The smallest absolute Gasteiger partial charge is 0.291 e. The van der Waals surface area contributed by atoms with Gasteiger partial charge in [0.1, 0.15) is 0 Å². The zero-order valence-electron chi connectivity index (χ0n) is 10.8. The van der Waals surface area contributed by atoms with E-state index in [-0.39, 0.29) is 5.91 Å². The maximum absolute atomic E-state index is 12.2. The van der Waals surface area contributed by atoms with Crippen molar-refractivity contribution in [3.05, 3.63) is 53.0 Å². The van der Waals surface area contributed by atoms with Crippen LogP contribution in [0.2, 0.25) is 0 Å². The van der Waals surface area contributed by atoms with Gasteiger partial charge in [-0.15, -0.1) is 0 Å². The van der Waals surface area contributed by atoms with E-state index in [9.17, 15) is 4.79 Å². The normalized spacial score (nSPS) is 13.9. The fourth-order valence-corrected chi connectivity index (χ4v) is 2.42. The van der Waals surface area contributed by atoms with E-state index in [0.29, 0.717) is 5.76 Å². The van der Waals surface area contributed by atoms with Gasteiger partial charge in [-0.2, -0.15) is 0 Å². The highest BCUT2D eigenvalue weighted by Crippen LogP contribution is 2.23. The predicted molar refractivity (Wildman–Crippen MR) is 73.3 cm³/mol. The minimum atomic E-state index is -0.193. The standard InChI is InChI=1S/C15H16N2O2/c1-10-6-8-19-14(10)15(18)17-13-4-2-3-11-5-7-16-9-12(11)13/h2-4,6,8,16H,5,7,9H2,1H3,(H,17,18). The van der Waals surface area contributed by atoms with Gasteiger partial charge in [0.15, 0.2) is 5.76 Å². The van der Waals surface area contributed by atoms with E-state index in [1.807, 2.05) is 19.1 Å². The Hall–Kier alpha value is -2.07.